The van der Waals surface area contributed by atoms with Gasteiger partial charge in [-0.05, 0) is 48.6 Å². The zero-order chi connectivity index (χ0) is 23.8. The van der Waals surface area contributed by atoms with E-state index in [0.29, 0.717) is 11.5 Å². The summed E-state index contributed by atoms with van der Waals surface area (Å²) in [4.78, 5) is 12.7. The lowest BCUT2D eigenvalue weighted by Gasteiger charge is -2.24. The molecule has 0 aliphatic rings. The molecular formula is C24H26F3N3O2. The number of amides is 1. The molecule has 1 aromatic heterocycles. The summed E-state index contributed by atoms with van der Waals surface area (Å²) in [5, 5.41) is 5.95. The highest BCUT2D eigenvalue weighted by Crippen LogP contribution is 2.38. The fourth-order valence-corrected chi connectivity index (χ4v) is 3.32. The number of ether oxygens (including phenoxy) is 1. The molecule has 1 N–H and O–H groups in total. The quantitative estimate of drug-likeness (QED) is 0.506. The Balaban J connectivity index is 2.00. The molecule has 0 saturated heterocycles. The van der Waals surface area contributed by atoms with Crippen molar-refractivity contribution >= 4 is 11.6 Å². The first-order valence-corrected chi connectivity index (χ1v) is 10.1. The van der Waals surface area contributed by atoms with Gasteiger partial charge in [-0.1, -0.05) is 39.0 Å². The zero-order valence-corrected chi connectivity index (χ0v) is 18.9. The number of nitrogens with zero attached hydrogens (tertiary/aromatic N) is 2. The van der Waals surface area contributed by atoms with Crippen LogP contribution in [0.5, 0.6) is 11.5 Å². The third-order valence-corrected chi connectivity index (χ3v) is 4.89. The van der Waals surface area contributed by atoms with E-state index >= 15 is 0 Å². The van der Waals surface area contributed by atoms with Crippen molar-refractivity contribution in [1.29, 1.82) is 0 Å². The fraction of sp³-hybridized carbons (Fsp3) is 0.333. The highest BCUT2D eigenvalue weighted by Gasteiger charge is 2.39. The minimum absolute atomic E-state index is 0.201. The van der Waals surface area contributed by atoms with Crippen LogP contribution in [0.1, 0.15) is 53.5 Å². The molecular weight excluding hydrogens is 419 g/mol. The molecule has 0 radical (unpaired) electrons. The van der Waals surface area contributed by atoms with E-state index in [-0.39, 0.29) is 11.1 Å². The van der Waals surface area contributed by atoms with E-state index in [9.17, 15) is 18.0 Å². The molecule has 2 aromatic carbocycles. The molecule has 0 aliphatic heterocycles. The van der Waals surface area contributed by atoms with Gasteiger partial charge in [0, 0.05) is 18.8 Å². The van der Waals surface area contributed by atoms with Crippen molar-refractivity contribution in [2.75, 3.05) is 5.32 Å². The number of carbonyl (C=O) groups excluding carboxylic acids is 1. The van der Waals surface area contributed by atoms with Crippen molar-refractivity contribution < 1.29 is 22.7 Å². The van der Waals surface area contributed by atoms with Gasteiger partial charge in [-0.2, -0.15) is 18.3 Å². The second-order valence-corrected chi connectivity index (χ2v) is 8.87. The first-order valence-electron chi connectivity index (χ1n) is 10.1. The van der Waals surface area contributed by atoms with E-state index in [2.05, 4.69) is 31.2 Å². The van der Waals surface area contributed by atoms with Crippen LogP contribution >= 0.6 is 0 Å². The van der Waals surface area contributed by atoms with Gasteiger partial charge in [0.15, 0.2) is 11.4 Å². The predicted molar refractivity (Wildman–Crippen MR) is 117 cm³/mol. The van der Waals surface area contributed by atoms with Gasteiger partial charge in [0.1, 0.15) is 5.75 Å². The van der Waals surface area contributed by atoms with Crippen molar-refractivity contribution in [3.63, 3.8) is 0 Å². The number of carbonyl (C=O) groups is 1. The van der Waals surface area contributed by atoms with Gasteiger partial charge in [-0.25, -0.2) is 0 Å². The predicted octanol–water partition coefficient (Wildman–Crippen LogP) is 6.40. The first-order chi connectivity index (χ1) is 14.8. The number of aryl methyl sites for hydroxylation is 3. The van der Waals surface area contributed by atoms with E-state index in [1.807, 2.05) is 32.0 Å². The van der Waals surface area contributed by atoms with Gasteiger partial charge >= 0.3 is 6.18 Å². The third-order valence-electron chi connectivity index (χ3n) is 4.89. The second-order valence-electron chi connectivity index (χ2n) is 8.87. The number of aromatic nitrogens is 2. The molecule has 0 atom stereocenters. The topological polar surface area (TPSA) is 56.2 Å². The lowest BCUT2D eigenvalue weighted by atomic mass is 9.86. The number of anilines is 1. The van der Waals surface area contributed by atoms with Gasteiger partial charge in [-0.3, -0.25) is 9.48 Å². The second kappa shape index (κ2) is 8.33. The number of benzene rings is 2. The highest BCUT2D eigenvalue weighted by molar-refractivity contribution is 6.05. The Morgan fingerprint density at radius 3 is 2.19 bits per heavy atom. The van der Waals surface area contributed by atoms with Crippen LogP contribution in [0.15, 0.2) is 42.6 Å². The number of rotatable bonds is 4. The smallest absolute Gasteiger partial charge is 0.435 e. The summed E-state index contributed by atoms with van der Waals surface area (Å²) in [6.07, 6.45) is -3.70. The van der Waals surface area contributed by atoms with E-state index in [4.69, 9.17) is 4.74 Å². The summed E-state index contributed by atoms with van der Waals surface area (Å²) < 4.78 is 47.1. The number of halogens is 3. The Labute approximate surface area is 185 Å². The first kappa shape index (κ1) is 23.4. The Morgan fingerprint density at radius 1 is 1.00 bits per heavy atom. The SMILES string of the molecule is Cc1ccc(NC(=O)c2cn(C)nc2C(F)(F)F)c(Oc2cc(C)ccc2C(C)(C)C)c1. The Bertz CT molecular complexity index is 1160. The molecule has 5 nitrogen and oxygen atoms in total. The lowest BCUT2D eigenvalue weighted by molar-refractivity contribution is -0.141. The number of alkyl halides is 3. The van der Waals surface area contributed by atoms with Gasteiger partial charge in [-0.15, -0.1) is 0 Å². The normalized spacial score (nSPS) is 12.0. The van der Waals surface area contributed by atoms with E-state index in [0.717, 1.165) is 27.6 Å². The number of hydrogen-bond acceptors (Lipinski definition) is 3. The van der Waals surface area contributed by atoms with Crippen LogP contribution in [0.2, 0.25) is 0 Å². The van der Waals surface area contributed by atoms with Crippen molar-refractivity contribution in [3.05, 3.63) is 70.5 Å². The molecule has 1 amide bonds. The molecule has 0 unspecified atom stereocenters. The molecule has 0 aliphatic carbocycles. The van der Waals surface area contributed by atoms with Crippen LogP contribution in [-0.4, -0.2) is 15.7 Å². The van der Waals surface area contributed by atoms with Crippen LogP contribution in [-0.2, 0) is 18.6 Å². The Hall–Kier alpha value is -3.29. The Morgan fingerprint density at radius 2 is 1.59 bits per heavy atom. The maximum Gasteiger partial charge on any atom is 0.435 e. The maximum atomic E-state index is 13.3. The molecule has 3 rings (SSSR count). The molecule has 0 bridgehead atoms. The summed E-state index contributed by atoms with van der Waals surface area (Å²) in [5.74, 6) is 0.0438. The molecule has 0 spiro atoms. The molecule has 1 heterocycles. The molecule has 32 heavy (non-hydrogen) atoms. The van der Waals surface area contributed by atoms with Crippen LogP contribution in [0.3, 0.4) is 0 Å². The molecule has 0 saturated carbocycles. The zero-order valence-electron chi connectivity index (χ0n) is 18.9. The van der Waals surface area contributed by atoms with Crippen LogP contribution in [0, 0.1) is 13.8 Å². The third kappa shape index (κ3) is 5.12. The average molecular weight is 445 g/mol. The minimum atomic E-state index is -4.75. The van der Waals surface area contributed by atoms with Gasteiger partial charge < -0.3 is 10.1 Å². The van der Waals surface area contributed by atoms with Gasteiger partial charge in [0.2, 0.25) is 0 Å². The summed E-state index contributed by atoms with van der Waals surface area (Å²) in [6, 6.07) is 11.0. The highest BCUT2D eigenvalue weighted by atomic mass is 19.4. The molecule has 170 valence electrons. The van der Waals surface area contributed by atoms with E-state index < -0.39 is 23.3 Å². The van der Waals surface area contributed by atoms with Crippen molar-refractivity contribution in [3.8, 4) is 11.5 Å². The average Bonchev–Trinajstić information content (AvgIpc) is 3.05. The summed E-state index contributed by atoms with van der Waals surface area (Å²) in [6.45, 7) is 9.99. The monoisotopic (exact) mass is 445 g/mol. The van der Waals surface area contributed by atoms with Crippen molar-refractivity contribution in [1.82, 2.24) is 9.78 Å². The van der Waals surface area contributed by atoms with Crippen molar-refractivity contribution in [2.24, 2.45) is 7.05 Å². The standard InChI is InChI=1S/C24H26F3N3O2/c1-14-7-9-17(23(3,4)5)19(11-14)32-20-12-15(2)8-10-18(20)28-22(31)16-13-30(6)29-21(16)24(25,26)27/h7-13H,1-6H3,(H,28,31). The Kier molecular flexibility index (Phi) is 6.09. The van der Waals surface area contributed by atoms with Crippen molar-refractivity contribution in [2.45, 2.75) is 46.2 Å². The van der Waals surface area contributed by atoms with Crippen LogP contribution < -0.4 is 10.1 Å². The maximum absolute atomic E-state index is 13.3. The number of hydrogen-bond donors (Lipinski definition) is 1. The van der Waals surface area contributed by atoms with E-state index in [1.54, 1.807) is 18.2 Å². The molecule has 0 fully saturated rings. The van der Waals surface area contributed by atoms with E-state index in [1.165, 1.54) is 7.05 Å². The molecule has 8 heteroatoms. The lowest BCUT2D eigenvalue weighted by Crippen LogP contribution is -2.18. The summed E-state index contributed by atoms with van der Waals surface area (Å²) in [5.41, 5.74) is 1.11. The fourth-order valence-electron chi connectivity index (χ4n) is 3.32. The van der Waals surface area contributed by atoms with Crippen LogP contribution in [0.25, 0.3) is 0 Å². The minimum Gasteiger partial charge on any atom is -0.455 e. The van der Waals surface area contributed by atoms with Gasteiger partial charge in [0.05, 0.1) is 11.3 Å². The summed E-state index contributed by atoms with van der Waals surface area (Å²) >= 11 is 0. The van der Waals surface area contributed by atoms with Gasteiger partial charge in [0.25, 0.3) is 5.91 Å². The summed E-state index contributed by atoms with van der Waals surface area (Å²) in [7, 11) is 1.33. The number of nitrogens with one attached hydrogen (secondary N) is 1. The largest absolute Gasteiger partial charge is 0.455 e. The molecule has 3 aromatic rings. The van der Waals surface area contributed by atoms with Crippen LogP contribution in [0.4, 0.5) is 18.9 Å².